The van der Waals surface area contributed by atoms with Crippen LogP contribution in [0.3, 0.4) is 0 Å². The highest BCUT2D eigenvalue weighted by molar-refractivity contribution is 5.76. The van der Waals surface area contributed by atoms with Gasteiger partial charge in [0.2, 0.25) is 5.91 Å². The average molecular weight is 200 g/mol. The molecule has 2 atom stereocenters. The molecular formula is C10H20N2O2. The fourth-order valence-electron chi connectivity index (χ4n) is 1.92. The summed E-state index contributed by atoms with van der Waals surface area (Å²) in [6, 6.07) is 0. The van der Waals surface area contributed by atoms with Gasteiger partial charge in [-0.1, -0.05) is 12.8 Å². The predicted molar refractivity (Wildman–Crippen MR) is 54.8 cm³/mol. The van der Waals surface area contributed by atoms with Crippen molar-refractivity contribution < 1.29 is 9.53 Å². The van der Waals surface area contributed by atoms with Crippen LogP contribution in [0.1, 0.15) is 25.7 Å². The summed E-state index contributed by atoms with van der Waals surface area (Å²) >= 11 is 0. The number of amides is 1. The summed E-state index contributed by atoms with van der Waals surface area (Å²) in [6.45, 7) is 0.829. The minimum absolute atomic E-state index is 0.0636. The number of likely N-dealkylation sites (N-methyl/N-ethyl adjacent to an activating group) is 1. The van der Waals surface area contributed by atoms with Gasteiger partial charge in [0.15, 0.2) is 0 Å². The highest BCUT2D eigenvalue weighted by Crippen LogP contribution is 2.25. The number of hydrogen-bond donors (Lipinski definition) is 2. The Kier molecular flexibility index (Phi) is 4.90. The molecule has 14 heavy (non-hydrogen) atoms. The molecule has 0 aromatic carbocycles. The van der Waals surface area contributed by atoms with Gasteiger partial charge in [0.05, 0.1) is 6.10 Å². The molecule has 0 aromatic rings. The van der Waals surface area contributed by atoms with Crippen molar-refractivity contribution in [1.82, 2.24) is 5.32 Å². The Hall–Kier alpha value is -0.610. The Morgan fingerprint density at radius 1 is 1.50 bits per heavy atom. The van der Waals surface area contributed by atoms with Gasteiger partial charge < -0.3 is 15.8 Å². The summed E-state index contributed by atoms with van der Waals surface area (Å²) < 4.78 is 5.55. The minimum Gasteiger partial charge on any atom is -0.368 e. The van der Waals surface area contributed by atoms with E-state index in [-0.39, 0.29) is 18.6 Å². The largest absolute Gasteiger partial charge is 0.368 e. The molecule has 0 aromatic heterocycles. The van der Waals surface area contributed by atoms with E-state index >= 15 is 0 Å². The smallest absolute Gasteiger partial charge is 0.245 e. The van der Waals surface area contributed by atoms with Crippen molar-refractivity contribution in [2.45, 2.75) is 31.8 Å². The highest BCUT2D eigenvalue weighted by atomic mass is 16.5. The molecule has 2 unspecified atom stereocenters. The van der Waals surface area contributed by atoms with E-state index in [0.717, 1.165) is 12.8 Å². The first-order valence-corrected chi connectivity index (χ1v) is 5.30. The van der Waals surface area contributed by atoms with Crippen molar-refractivity contribution in [3.63, 3.8) is 0 Å². The quantitative estimate of drug-likeness (QED) is 0.684. The molecular weight excluding hydrogens is 180 g/mol. The lowest BCUT2D eigenvalue weighted by Gasteiger charge is -2.30. The first-order chi connectivity index (χ1) is 6.77. The molecule has 1 rings (SSSR count). The summed E-state index contributed by atoms with van der Waals surface area (Å²) in [4.78, 5) is 11.0. The van der Waals surface area contributed by atoms with Gasteiger partial charge in [-0.2, -0.15) is 0 Å². The first-order valence-electron chi connectivity index (χ1n) is 5.30. The molecule has 0 radical (unpaired) electrons. The van der Waals surface area contributed by atoms with E-state index in [2.05, 4.69) is 5.32 Å². The summed E-state index contributed by atoms with van der Waals surface area (Å²) in [5.74, 6) is 0.375. The van der Waals surface area contributed by atoms with Gasteiger partial charge in [-0.05, 0) is 25.3 Å². The molecule has 0 saturated heterocycles. The van der Waals surface area contributed by atoms with Crippen LogP contribution in [0.4, 0.5) is 0 Å². The standard InChI is InChI=1S/C10H20N2O2/c1-12-10(13)7-14-9-5-3-2-4-8(9)6-11/h8-9H,2-7,11H2,1H3,(H,12,13). The van der Waals surface area contributed by atoms with Crippen LogP contribution in [-0.4, -0.2) is 32.2 Å². The lowest BCUT2D eigenvalue weighted by atomic mass is 9.86. The molecule has 3 N–H and O–H groups in total. The van der Waals surface area contributed by atoms with Crippen molar-refractivity contribution in [2.75, 3.05) is 20.2 Å². The Morgan fingerprint density at radius 3 is 2.86 bits per heavy atom. The van der Waals surface area contributed by atoms with Crippen LogP contribution in [0.2, 0.25) is 0 Å². The molecule has 1 aliphatic rings. The van der Waals surface area contributed by atoms with E-state index in [0.29, 0.717) is 12.5 Å². The Balaban J connectivity index is 2.29. The number of hydrogen-bond acceptors (Lipinski definition) is 3. The zero-order valence-electron chi connectivity index (χ0n) is 8.79. The maximum Gasteiger partial charge on any atom is 0.245 e. The molecule has 1 fully saturated rings. The molecule has 4 nitrogen and oxygen atoms in total. The number of ether oxygens (including phenoxy) is 1. The molecule has 4 heteroatoms. The molecule has 82 valence electrons. The van der Waals surface area contributed by atoms with Gasteiger partial charge >= 0.3 is 0 Å². The monoisotopic (exact) mass is 200 g/mol. The van der Waals surface area contributed by atoms with Gasteiger partial charge in [0, 0.05) is 7.05 Å². The second-order valence-electron chi connectivity index (χ2n) is 3.80. The summed E-state index contributed by atoms with van der Waals surface area (Å²) in [7, 11) is 1.62. The van der Waals surface area contributed by atoms with Crippen LogP contribution in [0.15, 0.2) is 0 Å². The zero-order chi connectivity index (χ0) is 10.4. The third-order valence-electron chi connectivity index (χ3n) is 2.85. The van der Waals surface area contributed by atoms with Crippen LogP contribution in [-0.2, 0) is 9.53 Å². The molecule has 1 amide bonds. The highest BCUT2D eigenvalue weighted by Gasteiger charge is 2.24. The van der Waals surface area contributed by atoms with Gasteiger partial charge in [-0.25, -0.2) is 0 Å². The van der Waals surface area contributed by atoms with E-state index in [1.807, 2.05) is 0 Å². The third-order valence-corrected chi connectivity index (χ3v) is 2.85. The molecule has 0 spiro atoms. The lowest BCUT2D eigenvalue weighted by molar-refractivity contribution is -0.129. The van der Waals surface area contributed by atoms with Crippen molar-refractivity contribution >= 4 is 5.91 Å². The fraction of sp³-hybridized carbons (Fsp3) is 0.900. The zero-order valence-corrected chi connectivity index (χ0v) is 8.79. The number of nitrogens with one attached hydrogen (secondary N) is 1. The van der Waals surface area contributed by atoms with Crippen molar-refractivity contribution in [3.8, 4) is 0 Å². The van der Waals surface area contributed by atoms with Crippen LogP contribution < -0.4 is 11.1 Å². The SMILES string of the molecule is CNC(=O)COC1CCCCC1CN. The minimum atomic E-state index is -0.0636. The molecule has 1 aliphatic carbocycles. The first kappa shape index (κ1) is 11.5. The number of rotatable bonds is 4. The average Bonchev–Trinajstić information content (AvgIpc) is 2.26. The second-order valence-corrected chi connectivity index (χ2v) is 3.80. The van der Waals surface area contributed by atoms with Crippen LogP contribution in [0.25, 0.3) is 0 Å². The molecule has 0 bridgehead atoms. The van der Waals surface area contributed by atoms with E-state index in [9.17, 15) is 4.79 Å². The van der Waals surface area contributed by atoms with Crippen LogP contribution >= 0.6 is 0 Å². The number of nitrogens with two attached hydrogens (primary N) is 1. The lowest BCUT2D eigenvalue weighted by Crippen LogP contribution is -2.36. The Labute approximate surface area is 85.2 Å². The fourth-order valence-corrected chi connectivity index (χ4v) is 1.92. The van der Waals surface area contributed by atoms with E-state index < -0.39 is 0 Å². The Morgan fingerprint density at radius 2 is 2.21 bits per heavy atom. The van der Waals surface area contributed by atoms with Crippen molar-refractivity contribution in [3.05, 3.63) is 0 Å². The van der Waals surface area contributed by atoms with Crippen LogP contribution in [0.5, 0.6) is 0 Å². The predicted octanol–water partition coefficient (Wildman–Crippen LogP) is 0.267. The molecule has 0 heterocycles. The van der Waals surface area contributed by atoms with Gasteiger partial charge in [-0.3, -0.25) is 4.79 Å². The molecule has 0 aliphatic heterocycles. The van der Waals surface area contributed by atoms with Gasteiger partial charge in [-0.15, -0.1) is 0 Å². The Bertz CT molecular complexity index is 185. The number of carbonyl (C=O) groups is 1. The molecule has 1 saturated carbocycles. The van der Waals surface area contributed by atoms with E-state index in [4.69, 9.17) is 10.5 Å². The van der Waals surface area contributed by atoms with Gasteiger partial charge in [0.25, 0.3) is 0 Å². The maximum absolute atomic E-state index is 11.0. The van der Waals surface area contributed by atoms with Gasteiger partial charge in [0.1, 0.15) is 6.61 Å². The van der Waals surface area contributed by atoms with E-state index in [1.165, 1.54) is 12.8 Å². The number of carbonyl (C=O) groups excluding carboxylic acids is 1. The second kappa shape index (κ2) is 5.98. The van der Waals surface area contributed by atoms with Crippen molar-refractivity contribution in [1.29, 1.82) is 0 Å². The third kappa shape index (κ3) is 3.27. The topological polar surface area (TPSA) is 64.3 Å². The summed E-state index contributed by atoms with van der Waals surface area (Å²) in [5, 5.41) is 2.54. The van der Waals surface area contributed by atoms with E-state index in [1.54, 1.807) is 7.05 Å². The summed E-state index contributed by atoms with van der Waals surface area (Å²) in [6.07, 6.45) is 4.79. The summed E-state index contributed by atoms with van der Waals surface area (Å²) in [5.41, 5.74) is 5.65. The van der Waals surface area contributed by atoms with Crippen molar-refractivity contribution in [2.24, 2.45) is 11.7 Å². The normalized spacial score (nSPS) is 27.3. The maximum atomic E-state index is 11.0. The van der Waals surface area contributed by atoms with Crippen LogP contribution in [0, 0.1) is 5.92 Å².